The number of hydrogen-bond acceptors (Lipinski definition) is 3. The van der Waals surface area contributed by atoms with E-state index in [1.165, 1.54) is 22.4 Å². The van der Waals surface area contributed by atoms with E-state index in [2.05, 4.69) is 53.2 Å². The van der Waals surface area contributed by atoms with Crippen LogP contribution in [0, 0.1) is 6.92 Å². The van der Waals surface area contributed by atoms with Crippen LogP contribution in [-0.4, -0.2) is 22.9 Å². The predicted molar refractivity (Wildman–Crippen MR) is 83.2 cm³/mol. The van der Waals surface area contributed by atoms with Gasteiger partial charge in [0.1, 0.15) is 6.10 Å². The molecule has 21 heavy (non-hydrogen) atoms. The van der Waals surface area contributed by atoms with Crippen molar-refractivity contribution in [3.63, 3.8) is 0 Å². The molecule has 0 radical (unpaired) electrons. The Morgan fingerprint density at radius 3 is 3.10 bits per heavy atom. The third-order valence-electron chi connectivity index (χ3n) is 4.20. The van der Waals surface area contributed by atoms with Gasteiger partial charge in [-0.2, -0.15) is 5.10 Å². The molecule has 3 rings (SSSR count). The maximum absolute atomic E-state index is 5.98. The third-order valence-corrected chi connectivity index (χ3v) is 4.20. The summed E-state index contributed by atoms with van der Waals surface area (Å²) in [5, 5.41) is 7.89. The number of hydrogen-bond donors (Lipinski definition) is 1. The van der Waals surface area contributed by atoms with Crippen LogP contribution in [0.5, 0.6) is 0 Å². The van der Waals surface area contributed by atoms with Crippen molar-refractivity contribution in [2.45, 2.75) is 39.5 Å². The zero-order chi connectivity index (χ0) is 14.7. The summed E-state index contributed by atoms with van der Waals surface area (Å²) in [6.45, 7) is 7.69. The summed E-state index contributed by atoms with van der Waals surface area (Å²) < 4.78 is 8.05. The van der Waals surface area contributed by atoms with E-state index in [1.807, 2.05) is 6.20 Å². The summed E-state index contributed by atoms with van der Waals surface area (Å²) in [7, 11) is 0. The summed E-state index contributed by atoms with van der Waals surface area (Å²) in [5.74, 6) is 0. The fourth-order valence-corrected chi connectivity index (χ4v) is 2.89. The van der Waals surface area contributed by atoms with Crippen LogP contribution in [0.1, 0.15) is 35.4 Å². The van der Waals surface area contributed by atoms with Crippen LogP contribution in [0.25, 0.3) is 0 Å². The van der Waals surface area contributed by atoms with E-state index in [9.17, 15) is 0 Å². The Balaban J connectivity index is 1.77. The minimum atomic E-state index is 0.112. The Labute approximate surface area is 126 Å². The van der Waals surface area contributed by atoms with Crippen molar-refractivity contribution in [3.05, 3.63) is 52.8 Å². The molecule has 1 aromatic heterocycles. The zero-order valence-electron chi connectivity index (χ0n) is 12.8. The van der Waals surface area contributed by atoms with Gasteiger partial charge in [0.2, 0.25) is 0 Å². The SMILES string of the molecule is CCNCc1cnn(CC2OCCc3ccccc32)c1C. The first kappa shape index (κ1) is 14.3. The second kappa shape index (κ2) is 6.41. The van der Waals surface area contributed by atoms with Gasteiger partial charge in [-0.1, -0.05) is 31.2 Å². The molecule has 0 bridgehead atoms. The first-order valence-electron chi connectivity index (χ1n) is 7.71. The van der Waals surface area contributed by atoms with Gasteiger partial charge in [-0.05, 0) is 31.0 Å². The fraction of sp³-hybridized carbons (Fsp3) is 0.471. The molecule has 1 aliphatic heterocycles. The Morgan fingerprint density at radius 1 is 1.38 bits per heavy atom. The highest BCUT2D eigenvalue weighted by Gasteiger charge is 2.22. The summed E-state index contributed by atoms with van der Waals surface area (Å²) in [4.78, 5) is 0. The molecule has 0 fully saturated rings. The monoisotopic (exact) mass is 285 g/mol. The lowest BCUT2D eigenvalue weighted by Gasteiger charge is -2.26. The van der Waals surface area contributed by atoms with Gasteiger partial charge in [-0.25, -0.2) is 0 Å². The molecule has 1 unspecified atom stereocenters. The molecule has 0 saturated carbocycles. The lowest BCUT2D eigenvalue weighted by Crippen LogP contribution is -2.21. The molecule has 0 spiro atoms. The van der Waals surface area contributed by atoms with Crippen LogP contribution >= 0.6 is 0 Å². The molecule has 1 N–H and O–H groups in total. The summed E-state index contributed by atoms with van der Waals surface area (Å²) in [6.07, 6.45) is 3.09. The van der Waals surface area contributed by atoms with Crippen LogP contribution < -0.4 is 5.32 Å². The third kappa shape index (κ3) is 3.01. The van der Waals surface area contributed by atoms with Crippen LogP contribution in [0.4, 0.5) is 0 Å². The number of nitrogens with zero attached hydrogens (tertiary/aromatic N) is 2. The summed E-state index contributed by atoms with van der Waals surface area (Å²) >= 11 is 0. The number of benzene rings is 1. The predicted octanol–water partition coefficient (Wildman–Crippen LogP) is 2.62. The van der Waals surface area contributed by atoms with Gasteiger partial charge in [0, 0.05) is 17.8 Å². The minimum absolute atomic E-state index is 0.112. The quantitative estimate of drug-likeness (QED) is 0.918. The van der Waals surface area contributed by atoms with Gasteiger partial charge in [0.15, 0.2) is 0 Å². The van der Waals surface area contributed by atoms with Crippen molar-refractivity contribution >= 4 is 0 Å². The van der Waals surface area contributed by atoms with E-state index in [0.717, 1.165) is 32.7 Å². The maximum Gasteiger partial charge on any atom is 0.102 e. The number of fused-ring (bicyclic) bond motifs is 1. The highest BCUT2D eigenvalue weighted by molar-refractivity contribution is 5.31. The van der Waals surface area contributed by atoms with E-state index in [4.69, 9.17) is 4.74 Å². The molecule has 0 amide bonds. The average molecular weight is 285 g/mol. The average Bonchev–Trinajstić information content (AvgIpc) is 2.86. The molecular weight excluding hydrogens is 262 g/mol. The Kier molecular flexibility index (Phi) is 4.36. The minimum Gasteiger partial charge on any atom is -0.371 e. The van der Waals surface area contributed by atoms with Crippen molar-refractivity contribution in [2.75, 3.05) is 13.2 Å². The molecule has 1 aliphatic rings. The second-order valence-corrected chi connectivity index (χ2v) is 5.53. The zero-order valence-corrected chi connectivity index (χ0v) is 12.8. The van der Waals surface area contributed by atoms with Crippen molar-refractivity contribution in [3.8, 4) is 0 Å². The molecule has 2 aromatic rings. The van der Waals surface area contributed by atoms with Crippen molar-refractivity contribution in [1.82, 2.24) is 15.1 Å². The highest BCUT2D eigenvalue weighted by Crippen LogP contribution is 2.28. The molecule has 0 saturated heterocycles. The topological polar surface area (TPSA) is 39.1 Å². The van der Waals surface area contributed by atoms with Crippen molar-refractivity contribution in [1.29, 1.82) is 0 Å². The van der Waals surface area contributed by atoms with E-state index < -0.39 is 0 Å². The van der Waals surface area contributed by atoms with E-state index in [0.29, 0.717) is 0 Å². The molecule has 2 heterocycles. The molecule has 1 atom stereocenters. The second-order valence-electron chi connectivity index (χ2n) is 5.53. The fourth-order valence-electron chi connectivity index (χ4n) is 2.89. The van der Waals surface area contributed by atoms with Crippen LogP contribution in [0.3, 0.4) is 0 Å². The van der Waals surface area contributed by atoms with E-state index in [-0.39, 0.29) is 6.10 Å². The number of ether oxygens (including phenoxy) is 1. The normalized spacial score (nSPS) is 17.7. The molecular formula is C17H23N3O. The van der Waals surface area contributed by atoms with E-state index >= 15 is 0 Å². The van der Waals surface area contributed by atoms with Gasteiger partial charge >= 0.3 is 0 Å². The van der Waals surface area contributed by atoms with Crippen LogP contribution in [0.2, 0.25) is 0 Å². The Bertz CT molecular complexity index is 606. The lowest BCUT2D eigenvalue weighted by molar-refractivity contribution is 0.0279. The maximum atomic E-state index is 5.98. The van der Waals surface area contributed by atoms with Crippen LogP contribution in [-0.2, 0) is 24.2 Å². The first-order valence-corrected chi connectivity index (χ1v) is 7.71. The van der Waals surface area contributed by atoms with Gasteiger partial charge in [-0.15, -0.1) is 0 Å². The molecule has 4 nitrogen and oxygen atoms in total. The van der Waals surface area contributed by atoms with Crippen LogP contribution in [0.15, 0.2) is 30.5 Å². The Hall–Kier alpha value is -1.65. The Morgan fingerprint density at radius 2 is 2.24 bits per heavy atom. The number of aromatic nitrogens is 2. The first-order chi connectivity index (χ1) is 10.3. The molecule has 112 valence electrons. The van der Waals surface area contributed by atoms with Gasteiger partial charge in [-0.3, -0.25) is 4.68 Å². The van der Waals surface area contributed by atoms with E-state index in [1.54, 1.807) is 0 Å². The smallest absolute Gasteiger partial charge is 0.102 e. The van der Waals surface area contributed by atoms with Gasteiger partial charge in [0.25, 0.3) is 0 Å². The largest absolute Gasteiger partial charge is 0.371 e. The van der Waals surface area contributed by atoms with Gasteiger partial charge < -0.3 is 10.1 Å². The standard InChI is InChI=1S/C17H23N3O/c1-3-18-10-15-11-19-20(13(15)2)12-17-16-7-5-4-6-14(16)8-9-21-17/h4-7,11,17-18H,3,8-10,12H2,1-2H3. The molecule has 0 aliphatic carbocycles. The number of rotatable bonds is 5. The van der Waals surface area contributed by atoms with Gasteiger partial charge in [0.05, 0.1) is 19.3 Å². The number of nitrogens with one attached hydrogen (secondary N) is 1. The lowest BCUT2D eigenvalue weighted by atomic mass is 9.97. The summed E-state index contributed by atoms with van der Waals surface area (Å²) in [5.41, 5.74) is 5.21. The summed E-state index contributed by atoms with van der Waals surface area (Å²) in [6, 6.07) is 8.58. The highest BCUT2D eigenvalue weighted by atomic mass is 16.5. The molecule has 4 heteroatoms. The van der Waals surface area contributed by atoms with Crippen molar-refractivity contribution in [2.24, 2.45) is 0 Å². The van der Waals surface area contributed by atoms with Crippen molar-refractivity contribution < 1.29 is 4.74 Å². The molecule has 1 aromatic carbocycles.